The summed E-state index contributed by atoms with van der Waals surface area (Å²) in [5.74, 6) is -2.19. The van der Waals surface area contributed by atoms with Crippen LogP contribution < -0.4 is 0 Å². The van der Waals surface area contributed by atoms with Gasteiger partial charge in [-0.3, -0.25) is 4.79 Å². The first-order valence-corrected chi connectivity index (χ1v) is 10.5. The van der Waals surface area contributed by atoms with Gasteiger partial charge >= 0.3 is 0 Å². The molecule has 0 spiro atoms. The van der Waals surface area contributed by atoms with E-state index in [-0.39, 0.29) is 17.2 Å². The van der Waals surface area contributed by atoms with E-state index in [1.54, 1.807) is 12.1 Å². The smallest absolute Gasteiger partial charge is 0.244 e. The molecule has 4 rings (SSSR count). The van der Waals surface area contributed by atoms with Crippen molar-refractivity contribution in [2.75, 3.05) is 6.54 Å². The van der Waals surface area contributed by atoms with E-state index in [0.717, 1.165) is 12.1 Å². The van der Waals surface area contributed by atoms with Crippen LogP contribution >= 0.6 is 0 Å². The molecule has 1 atom stereocenters. The summed E-state index contributed by atoms with van der Waals surface area (Å²) in [6.07, 6.45) is 1.83. The minimum Gasteiger partial charge on any atom is -0.348 e. The first-order chi connectivity index (χ1) is 13.8. The first kappa shape index (κ1) is 19.5. The Morgan fingerprint density at radius 3 is 2.38 bits per heavy atom. The number of Topliss-reactive ketones (excluding diaryl/α,β-unsaturated/α-hetero) is 1. The highest BCUT2D eigenvalue weighted by Crippen LogP contribution is 2.37. The Balaban J connectivity index is 1.82. The van der Waals surface area contributed by atoms with Crippen LogP contribution in [0.25, 0.3) is 0 Å². The van der Waals surface area contributed by atoms with E-state index in [1.165, 1.54) is 41.6 Å². The van der Waals surface area contributed by atoms with E-state index in [0.29, 0.717) is 23.4 Å². The number of benzene rings is 2. The summed E-state index contributed by atoms with van der Waals surface area (Å²) < 4.78 is 57.4. The molecule has 0 fully saturated rings. The van der Waals surface area contributed by atoms with Gasteiger partial charge in [0.15, 0.2) is 17.4 Å². The molecule has 29 heavy (non-hydrogen) atoms. The van der Waals surface area contributed by atoms with Crippen molar-refractivity contribution in [2.45, 2.75) is 24.4 Å². The molecule has 8 heteroatoms. The predicted molar refractivity (Wildman–Crippen MR) is 103 cm³/mol. The van der Waals surface area contributed by atoms with Gasteiger partial charge in [0, 0.05) is 30.5 Å². The third-order valence-corrected chi connectivity index (χ3v) is 7.00. The van der Waals surface area contributed by atoms with Crippen LogP contribution in [0.15, 0.2) is 65.7 Å². The number of nitrogens with zero attached hydrogens (tertiary/aromatic N) is 2. The van der Waals surface area contributed by atoms with E-state index in [1.807, 2.05) is 10.8 Å². The van der Waals surface area contributed by atoms with Crippen LogP contribution in [0.1, 0.15) is 34.6 Å². The van der Waals surface area contributed by atoms with E-state index in [4.69, 9.17) is 0 Å². The topological polar surface area (TPSA) is 59.4 Å². The quantitative estimate of drug-likeness (QED) is 0.609. The predicted octanol–water partition coefficient (Wildman–Crippen LogP) is 3.76. The molecule has 3 aromatic rings. The highest BCUT2D eigenvalue weighted by atomic mass is 32.2. The normalized spacial score (nSPS) is 17.1. The fraction of sp³-hybridized carbons (Fsp3) is 0.190. The number of halogens is 2. The van der Waals surface area contributed by atoms with Crippen LogP contribution in [0.5, 0.6) is 0 Å². The van der Waals surface area contributed by atoms with Gasteiger partial charge in [-0.2, -0.15) is 4.31 Å². The second kappa shape index (κ2) is 7.20. The third-order valence-electron chi connectivity index (χ3n) is 5.12. The number of ketones is 1. The summed E-state index contributed by atoms with van der Waals surface area (Å²) in [5.41, 5.74) is 1.42. The number of sulfonamides is 1. The maximum absolute atomic E-state index is 13.9. The van der Waals surface area contributed by atoms with Crippen molar-refractivity contribution < 1.29 is 22.0 Å². The van der Waals surface area contributed by atoms with Gasteiger partial charge in [-0.05, 0) is 48.9 Å². The standard InChI is InChI=1S/C21H18F2N2O3S/c1-14(26)15-4-7-17(8-5-15)29(27,28)25-12-11-24-10-2-3-20(24)21(25)16-6-9-18(22)19(23)13-16/h2-10,13,21H,11-12H2,1H3/t21-/m1/s1. The molecule has 1 aliphatic heterocycles. The lowest BCUT2D eigenvalue weighted by Gasteiger charge is -2.36. The molecule has 0 aliphatic carbocycles. The maximum Gasteiger partial charge on any atom is 0.244 e. The largest absolute Gasteiger partial charge is 0.348 e. The summed E-state index contributed by atoms with van der Waals surface area (Å²) >= 11 is 0. The summed E-state index contributed by atoms with van der Waals surface area (Å²) in [4.78, 5) is 11.5. The van der Waals surface area contributed by atoms with E-state index in [9.17, 15) is 22.0 Å². The molecule has 0 amide bonds. The molecule has 150 valence electrons. The van der Waals surface area contributed by atoms with Crippen molar-refractivity contribution >= 4 is 15.8 Å². The van der Waals surface area contributed by atoms with Crippen LogP contribution in [0.4, 0.5) is 8.78 Å². The summed E-state index contributed by atoms with van der Waals surface area (Å²) in [5, 5.41) is 0. The fourth-order valence-corrected chi connectivity index (χ4v) is 5.22. The van der Waals surface area contributed by atoms with Gasteiger partial charge < -0.3 is 4.57 Å². The number of hydrogen-bond acceptors (Lipinski definition) is 3. The maximum atomic E-state index is 13.9. The fourth-order valence-electron chi connectivity index (χ4n) is 3.64. The molecular weight excluding hydrogens is 398 g/mol. The zero-order valence-electron chi connectivity index (χ0n) is 15.5. The Labute approximate surface area is 167 Å². The van der Waals surface area contributed by atoms with Gasteiger partial charge in [0.25, 0.3) is 0 Å². The van der Waals surface area contributed by atoms with Crippen molar-refractivity contribution in [1.82, 2.24) is 8.87 Å². The number of hydrogen-bond donors (Lipinski definition) is 0. The van der Waals surface area contributed by atoms with E-state index >= 15 is 0 Å². The average molecular weight is 416 g/mol. The van der Waals surface area contributed by atoms with Crippen LogP contribution in [0, 0.1) is 11.6 Å². The SMILES string of the molecule is CC(=O)c1ccc(S(=O)(=O)N2CCn3cccc3[C@H]2c2ccc(F)c(F)c2)cc1. The lowest BCUT2D eigenvalue weighted by Crippen LogP contribution is -2.42. The van der Waals surface area contributed by atoms with Crippen LogP contribution in [0.3, 0.4) is 0 Å². The van der Waals surface area contributed by atoms with Crippen LogP contribution in [0.2, 0.25) is 0 Å². The zero-order valence-corrected chi connectivity index (χ0v) is 16.4. The number of carbonyl (C=O) groups excluding carboxylic acids is 1. The Morgan fingerprint density at radius 2 is 1.72 bits per heavy atom. The highest BCUT2D eigenvalue weighted by Gasteiger charge is 2.37. The molecule has 0 radical (unpaired) electrons. The van der Waals surface area contributed by atoms with Crippen molar-refractivity contribution in [3.05, 3.63) is 89.2 Å². The Morgan fingerprint density at radius 1 is 1.00 bits per heavy atom. The van der Waals surface area contributed by atoms with E-state index < -0.39 is 27.7 Å². The molecular formula is C21H18F2N2O3S. The molecule has 1 aromatic heterocycles. The molecule has 0 saturated heterocycles. The zero-order chi connectivity index (χ0) is 20.8. The number of aromatic nitrogens is 1. The summed E-state index contributed by atoms with van der Waals surface area (Å²) in [6, 6.07) is 11.9. The number of rotatable bonds is 4. The summed E-state index contributed by atoms with van der Waals surface area (Å²) in [7, 11) is -3.95. The van der Waals surface area contributed by atoms with Crippen molar-refractivity contribution in [3.63, 3.8) is 0 Å². The minimum absolute atomic E-state index is 0.0371. The molecule has 0 saturated carbocycles. The lowest BCUT2D eigenvalue weighted by atomic mass is 10.0. The molecule has 1 aliphatic rings. The van der Waals surface area contributed by atoms with Gasteiger partial charge in [-0.15, -0.1) is 0 Å². The Kier molecular flexibility index (Phi) is 4.84. The highest BCUT2D eigenvalue weighted by molar-refractivity contribution is 7.89. The van der Waals surface area contributed by atoms with Crippen molar-refractivity contribution in [2.24, 2.45) is 0 Å². The Bertz CT molecular complexity index is 1190. The Hall–Kier alpha value is -2.84. The van der Waals surface area contributed by atoms with Crippen molar-refractivity contribution in [3.8, 4) is 0 Å². The van der Waals surface area contributed by atoms with E-state index in [2.05, 4.69) is 0 Å². The van der Waals surface area contributed by atoms with Gasteiger partial charge in [0.05, 0.1) is 10.9 Å². The monoisotopic (exact) mass is 416 g/mol. The number of fused-ring (bicyclic) bond motifs is 1. The lowest BCUT2D eigenvalue weighted by molar-refractivity contribution is 0.101. The second-order valence-corrected chi connectivity index (χ2v) is 8.79. The molecule has 2 heterocycles. The second-order valence-electron chi connectivity index (χ2n) is 6.90. The van der Waals surface area contributed by atoms with Crippen LogP contribution in [-0.2, 0) is 16.6 Å². The molecule has 5 nitrogen and oxygen atoms in total. The van der Waals surface area contributed by atoms with Crippen LogP contribution in [-0.4, -0.2) is 29.6 Å². The van der Waals surface area contributed by atoms with Gasteiger partial charge in [-0.1, -0.05) is 18.2 Å². The van der Waals surface area contributed by atoms with Gasteiger partial charge in [0.2, 0.25) is 10.0 Å². The average Bonchev–Trinajstić information content (AvgIpc) is 3.18. The summed E-state index contributed by atoms with van der Waals surface area (Å²) in [6.45, 7) is 2.01. The van der Waals surface area contributed by atoms with Gasteiger partial charge in [-0.25, -0.2) is 17.2 Å². The van der Waals surface area contributed by atoms with Crippen molar-refractivity contribution in [1.29, 1.82) is 0 Å². The molecule has 0 unspecified atom stereocenters. The third kappa shape index (κ3) is 3.38. The minimum atomic E-state index is -3.95. The molecule has 0 bridgehead atoms. The number of carbonyl (C=O) groups is 1. The first-order valence-electron chi connectivity index (χ1n) is 9.02. The molecule has 0 N–H and O–H groups in total. The molecule has 2 aromatic carbocycles. The van der Waals surface area contributed by atoms with Gasteiger partial charge in [0.1, 0.15) is 0 Å².